The highest BCUT2D eigenvalue weighted by Gasteiger charge is 2.40. The Bertz CT molecular complexity index is 2830. The molecule has 318 valence electrons. The second-order valence-electron chi connectivity index (χ2n) is 15.6. The molecule has 2 N–H and O–H groups in total. The van der Waals surface area contributed by atoms with Gasteiger partial charge in [0.1, 0.15) is 10.6 Å². The van der Waals surface area contributed by atoms with E-state index >= 15 is 0 Å². The van der Waals surface area contributed by atoms with Crippen LogP contribution in [0.5, 0.6) is 0 Å². The zero-order valence-electron chi connectivity index (χ0n) is 33.2. The summed E-state index contributed by atoms with van der Waals surface area (Å²) in [4.78, 5) is 18.0. The van der Waals surface area contributed by atoms with Crippen molar-refractivity contribution in [2.24, 2.45) is 4.99 Å². The van der Waals surface area contributed by atoms with Crippen molar-refractivity contribution in [3.63, 3.8) is 0 Å². The number of fused-ring (bicyclic) bond motifs is 4. The third-order valence-corrected chi connectivity index (χ3v) is 11.9. The zero-order valence-corrected chi connectivity index (χ0v) is 36.4. The van der Waals surface area contributed by atoms with Gasteiger partial charge in [0.05, 0.1) is 28.8 Å². The van der Waals surface area contributed by atoms with Gasteiger partial charge in [0.15, 0.2) is 12.1 Å². The van der Waals surface area contributed by atoms with Crippen molar-refractivity contribution >= 4 is 70.4 Å². The second kappa shape index (κ2) is 17.3. The molecule has 0 atom stereocenters. The fourth-order valence-electron chi connectivity index (χ4n) is 7.95. The summed E-state index contributed by atoms with van der Waals surface area (Å²) in [5, 5.41) is 1.67. The number of nitrogens with zero attached hydrogens (tertiary/aromatic N) is 3. The van der Waals surface area contributed by atoms with Crippen LogP contribution in [0.2, 0.25) is 0 Å². The van der Waals surface area contributed by atoms with E-state index in [1.165, 1.54) is 6.07 Å². The normalized spacial score (nSPS) is 16.6. The fourth-order valence-corrected chi connectivity index (χ4v) is 9.29. The molecule has 6 rings (SSSR count). The molecule has 0 aliphatic carbocycles. The highest BCUT2D eigenvalue weighted by atomic mass is 32.2. The Morgan fingerprint density at radius 1 is 0.847 bits per heavy atom. The Hall–Kier alpha value is -4.93. The van der Waals surface area contributed by atoms with Gasteiger partial charge in [0, 0.05) is 48.7 Å². The van der Waals surface area contributed by atoms with E-state index in [0.29, 0.717) is 41.8 Å². The number of benzene rings is 3. The summed E-state index contributed by atoms with van der Waals surface area (Å²) in [5.41, 5.74) is 5.22. The maximum absolute atomic E-state index is 12.3. The lowest BCUT2D eigenvalue weighted by Gasteiger charge is -2.45. The van der Waals surface area contributed by atoms with Crippen molar-refractivity contribution in [3.05, 3.63) is 99.2 Å². The van der Waals surface area contributed by atoms with Crippen LogP contribution >= 0.6 is 0 Å². The molecule has 0 bridgehead atoms. The Morgan fingerprint density at radius 3 is 2.03 bits per heavy atom. The Balaban J connectivity index is 0.000000882. The second-order valence-corrected chi connectivity index (χ2v) is 19.2. The third-order valence-electron chi connectivity index (χ3n) is 10.3. The van der Waals surface area contributed by atoms with Gasteiger partial charge in [-0.25, -0.2) is 9.57 Å². The van der Waals surface area contributed by atoms with E-state index in [1.807, 2.05) is 32.9 Å². The zero-order chi connectivity index (χ0) is 44.5. The summed E-state index contributed by atoms with van der Waals surface area (Å²) in [7, 11) is -15.0. The quantitative estimate of drug-likeness (QED) is 0.128. The van der Waals surface area contributed by atoms with Gasteiger partial charge in [-0.3, -0.25) is 13.9 Å². The Morgan fingerprint density at radius 2 is 1.46 bits per heavy atom. The lowest BCUT2D eigenvalue weighted by Crippen LogP contribution is -2.50. The van der Waals surface area contributed by atoms with Crippen LogP contribution in [0.3, 0.4) is 0 Å². The first kappa shape index (κ1) is 46.8. The van der Waals surface area contributed by atoms with E-state index in [0.717, 1.165) is 38.7 Å². The average molecular weight is 895 g/mol. The first-order valence-corrected chi connectivity index (χ1v) is 22.8. The summed E-state index contributed by atoms with van der Waals surface area (Å²) in [6.45, 7) is 15.8. The third kappa shape index (κ3) is 10.8. The van der Waals surface area contributed by atoms with E-state index in [2.05, 4.69) is 61.4 Å². The monoisotopic (exact) mass is 894 g/mol. The van der Waals surface area contributed by atoms with Gasteiger partial charge in [0.2, 0.25) is 5.36 Å². The number of anilines is 1. The average Bonchev–Trinajstić information content (AvgIpc) is 3.07. The van der Waals surface area contributed by atoms with Crippen molar-refractivity contribution in [1.29, 1.82) is 0 Å². The van der Waals surface area contributed by atoms with Crippen molar-refractivity contribution in [2.45, 2.75) is 82.8 Å². The minimum Gasteiger partial charge on any atom is -0.468 e. The minimum absolute atomic E-state index is 0.131. The predicted molar refractivity (Wildman–Crippen MR) is 216 cm³/mol. The molecular formula is C38H44N3O14S4+. The molecule has 59 heavy (non-hydrogen) atoms. The smallest absolute Gasteiger partial charge is 0.425 e. The van der Waals surface area contributed by atoms with E-state index in [9.17, 15) is 30.7 Å². The molecule has 0 aromatic heterocycles. The van der Waals surface area contributed by atoms with E-state index in [4.69, 9.17) is 35.0 Å². The Labute approximate surface area is 345 Å². The molecule has 0 amide bonds. The highest BCUT2D eigenvalue weighted by molar-refractivity contribution is 7.86. The number of hydrogen-bond acceptors (Lipinski definition) is 14. The molecule has 3 aromatic rings. The van der Waals surface area contributed by atoms with Crippen LogP contribution in [-0.2, 0) is 62.9 Å². The molecule has 0 fully saturated rings. The largest absolute Gasteiger partial charge is 0.468 e. The topological polar surface area (TPSA) is 256 Å². The molecule has 21 heteroatoms. The van der Waals surface area contributed by atoms with Crippen LogP contribution < -0.4 is 20.2 Å². The highest BCUT2D eigenvalue weighted by Crippen LogP contribution is 2.47. The number of carbonyl (C=O) groups is 1. The summed E-state index contributed by atoms with van der Waals surface area (Å²) in [5.74, 6) is -0.548. The molecule has 0 saturated carbocycles. The summed E-state index contributed by atoms with van der Waals surface area (Å²) >= 11 is 0. The summed E-state index contributed by atoms with van der Waals surface area (Å²) < 4.78 is 127. The SMILES string of the molecule is CC1=CC(C)(C)[N+](Cc2ccccc2S(=O)(=O)O)=c2cc3c(cc21)=Nc1cc2c(cc1C3(C)C)N(CCCOC=O)C(C)(C)C=C2CS(=O)(=O)O.O=S(=O)=O.O=S(=O)=O. The summed E-state index contributed by atoms with van der Waals surface area (Å²) in [6.07, 6.45) is 4.54. The van der Waals surface area contributed by atoms with E-state index < -0.39 is 63.7 Å². The molecule has 3 aromatic carbocycles. The predicted octanol–water partition coefficient (Wildman–Crippen LogP) is 2.84. The minimum atomic E-state index is -4.45. The van der Waals surface area contributed by atoms with Crippen LogP contribution in [-0.4, -0.2) is 87.6 Å². The molecule has 0 unspecified atom stereocenters. The van der Waals surface area contributed by atoms with Crippen molar-refractivity contribution in [3.8, 4) is 0 Å². The molecule has 0 radical (unpaired) electrons. The number of carbonyl (C=O) groups excluding carboxylic acids is 1. The first-order chi connectivity index (χ1) is 27.1. The van der Waals surface area contributed by atoms with Crippen LogP contribution in [0.25, 0.3) is 11.1 Å². The molecule has 3 aliphatic heterocycles. The molecule has 0 spiro atoms. The van der Waals surface area contributed by atoms with Crippen molar-refractivity contribution in [1.82, 2.24) is 4.58 Å². The Kier molecular flexibility index (Phi) is 13.7. The van der Waals surface area contributed by atoms with Crippen LogP contribution in [0.15, 0.2) is 70.6 Å². The van der Waals surface area contributed by atoms with Crippen LogP contribution in [0, 0.1) is 0 Å². The molecular weight excluding hydrogens is 851 g/mol. The maximum Gasteiger partial charge on any atom is 0.425 e. The summed E-state index contributed by atoms with van der Waals surface area (Å²) in [6, 6.07) is 14.6. The molecule has 3 aliphatic rings. The van der Waals surface area contributed by atoms with Gasteiger partial charge >= 0.3 is 21.2 Å². The maximum atomic E-state index is 12.3. The van der Waals surface area contributed by atoms with E-state index in [-0.39, 0.29) is 18.0 Å². The van der Waals surface area contributed by atoms with Crippen LogP contribution in [0.4, 0.5) is 11.4 Å². The van der Waals surface area contributed by atoms with Gasteiger partial charge in [-0.05, 0) is 79.8 Å². The molecule has 17 nitrogen and oxygen atoms in total. The number of hydrogen-bond donors (Lipinski definition) is 2. The van der Waals surface area contributed by atoms with Gasteiger partial charge in [-0.2, -0.15) is 16.8 Å². The van der Waals surface area contributed by atoms with Gasteiger partial charge < -0.3 is 9.64 Å². The van der Waals surface area contributed by atoms with Crippen LogP contribution in [0.1, 0.15) is 82.7 Å². The van der Waals surface area contributed by atoms with Gasteiger partial charge in [0.25, 0.3) is 26.7 Å². The molecule has 3 heterocycles. The lowest BCUT2D eigenvalue weighted by molar-refractivity contribution is -0.128. The first-order valence-electron chi connectivity index (χ1n) is 17.8. The number of allylic oxidation sites excluding steroid dienone is 1. The van der Waals surface area contributed by atoms with Crippen molar-refractivity contribution in [2.75, 3.05) is 23.8 Å². The lowest BCUT2D eigenvalue weighted by atomic mass is 9.73. The number of rotatable bonds is 10. The van der Waals surface area contributed by atoms with Gasteiger partial charge in [-0.15, -0.1) is 25.3 Å². The van der Waals surface area contributed by atoms with Crippen molar-refractivity contribution < 1.29 is 60.7 Å². The fraction of sp³-hybridized carbons (Fsp3) is 0.395. The van der Waals surface area contributed by atoms with Gasteiger partial charge in [-0.1, -0.05) is 38.1 Å². The van der Waals surface area contributed by atoms with E-state index in [1.54, 1.807) is 18.2 Å². The standard InChI is InChI=1S/C38H43N3O8S2.2O3S/c1-24-19-36(2,3)41(21-25-11-8-9-12-35(25)51(46,47)48)33-17-29-31(15-27(24)33)39-32-16-28-26(22-50(43,44)45)20-37(4,5)40(13-10-14-49-23-42)34(28)18-30(32)38(29,6)7;2*1-4(2)3/h8-9,11-12,15-20,23H,10,13-14,21-22H2,1-7H3,(H-,43,44,45,46,47,48);;/p+1. The molecule has 0 saturated heterocycles. The number of ether oxygens (including phenoxy) is 1.